The van der Waals surface area contributed by atoms with Crippen LogP contribution in [0.1, 0.15) is 23.5 Å². The normalized spacial score (nSPS) is 15.3. The van der Waals surface area contributed by atoms with E-state index in [9.17, 15) is 23.5 Å². The summed E-state index contributed by atoms with van der Waals surface area (Å²) in [4.78, 5) is 32.7. The summed E-state index contributed by atoms with van der Waals surface area (Å²) in [6.07, 6.45) is 0.268. The molecular weight excluding hydrogens is 572 g/mol. The number of carbonyl (C=O) groups excluding carboxylic acids is 1. The van der Waals surface area contributed by atoms with Gasteiger partial charge in [-0.3, -0.25) is 14.2 Å². The zero-order valence-electron chi connectivity index (χ0n) is 18.8. The van der Waals surface area contributed by atoms with Crippen LogP contribution in [0.3, 0.4) is 0 Å². The van der Waals surface area contributed by atoms with E-state index in [4.69, 9.17) is 0 Å². The lowest BCUT2D eigenvalue weighted by molar-refractivity contribution is -0.144. The van der Waals surface area contributed by atoms with Gasteiger partial charge in [-0.2, -0.15) is 11.3 Å². The Bertz CT molecular complexity index is 1590. The summed E-state index contributed by atoms with van der Waals surface area (Å²) in [5.74, 6) is 4.93. The number of halogens is 3. The van der Waals surface area contributed by atoms with Crippen LogP contribution in [0.5, 0.6) is 0 Å². The van der Waals surface area contributed by atoms with Crippen molar-refractivity contribution in [2.75, 3.05) is 13.1 Å². The minimum Gasteiger partial charge on any atom is -0.376 e. The molecule has 1 atom stereocenters. The van der Waals surface area contributed by atoms with Crippen molar-refractivity contribution in [3.63, 3.8) is 0 Å². The monoisotopic (exact) mass is 589 g/mol. The molecule has 4 aromatic rings. The van der Waals surface area contributed by atoms with Crippen LogP contribution in [0.25, 0.3) is 21.3 Å². The molecule has 0 radical (unpaired) electrons. The zero-order valence-corrected chi connectivity index (χ0v) is 22.0. The van der Waals surface area contributed by atoms with E-state index in [2.05, 4.69) is 32.8 Å². The molecule has 1 fully saturated rings. The molecule has 1 saturated heterocycles. The molecule has 0 saturated carbocycles. The largest absolute Gasteiger partial charge is 0.376 e. The van der Waals surface area contributed by atoms with Crippen LogP contribution in [-0.2, 0) is 11.3 Å². The Labute approximate surface area is 221 Å². The van der Waals surface area contributed by atoms with Crippen LogP contribution < -0.4 is 5.56 Å². The van der Waals surface area contributed by atoms with Gasteiger partial charge in [0.1, 0.15) is 29.0 Å². The van der Waals surface area contributed by atoms with Crippen molar-refractivity contribution in [2.45, 2.75) is 25.2 Å². The highest BCUT2D eigenvalue weighted by Gasteiger charge is 2.41. The maximum absolute atomic E-state index is 14.0. The predicted octanol–water partition coefficient (Wildman–Crippen LogP) is 4.74. The van der Waals surface area contributed by atoms with Gasteiger partial charge < -0.3 is 10.0 Å². The maximum atomic E-state index is 14.0. The first-order valence-corrected chi connectivity index (χ1v) is 13.3. The van der Waals surface area contributed by atoms with Crippen LogP contribution in [-0.4, -0.2) is 44.2 Å². The molecule has 1 amide bonds. The van der Waals surface area contributed by atoms with Gasteiger partial charge in [-0.1, -0.05) is 17.9 Å². The fraction of sp³-hybridized carbons (Fsp3) is 0.240. The minimum absolute atomic E-state index is 0.0181. The van der Waals surface area contributed by atoms with Crippen LogP contribution in [0.4, 0.5) is 8.78 Å². The third-order valence-corrected chi connectivity index (χ3v) is 8.09. The smallest absolute Gasteiger partial charge is 0.263 e. The molecule has 1 aromatic carbocycles. The molecule has 184 valence electrons. The number of alkyl halides is 1. The van der Waals surface area contributed by atoms with Crippen molar-refractivity contribution < 1.29 is 18.7 Å². The number of aromatic nitrogens is 2. The maximum Gasteiger partial charge on any atom is 0.263 e. The molecule has 36 heavy (non-hydrogen) atoms. The van der Waals surface area contributed by atoms with Crippen LogP contribution in [0.2, 0.25) is 0 Å². The Morgan fingerprint density at radius 2 is 2.14 bits per heavy atom. The number of aliphatic hydroxyl groups is 1. The summed E-state index contributed by atoms with van der Waals surface area (Å²) in [6.45, 7) is 1.11. The Morgan fingerprint density at radius 1 is 1.36 bits per heavy atom. The molecule has 0 spiro atoms. The van der Waals surface area contributed by atoms with Gasteiger partial charge in [-0.25, -0.2) is 13.8 Å². The first kappa shape index (κ1) is 24.8. The van der Waals surface area contributed by atoms with Crippen molar-refractivity contribution in [1.82, 2.24) is 14.5 Å². The topological polar surface area (TPSA) is 75.4 Å². The Morgan fingerprint density at radius 3 is 2.81 bits per heavy atom. The van der Waals surface area contributed by atoms with E-state index < -0.39 is 23.1 Å². The summed E-state index contributed by atoms with van der Waals surface area (Å²) < 4.78 is 29.2. The third kappa shape index (κ3) is 4.74. The van der Waals surface area contributed by atoms with Gasteiger partial charge in [-0.05, 0) is 57.4 Å². The van der Waals surface area contributed by atoms with Crippen molar-refractivity contribution in [3.8, 4) is 23.0 Å². The SMILES string of the molecule is CC1(F)CN(C(=O)Cn2cnc3sc(C#CC(O)c4ccsc4)c(-c4ccc(F)c(Br)c4)c3c2=O)C1. The Kier molecular flexibility index (Phi) is 6.55. The zero-order chi connectivity index (χ0) is 25.6. The lowest BCUT2D eigenvalue weighted by Gasteiger charge is -2.42. The molecule has 5 rings (SSSR count). The molecule has 3 aromatic heterocycles. The second-order valence-electron chi connectivity index (χ2n) is 8.68. The van der Waals surface area contributed by atoms with Gasteiger partial charge in [0.2, 0.25) is 5.91 Å². The number of aliphatic hydroxyl groups excluding tert-OH is 1. The van der Waals surface area contributed by atoms with E-state index in [0.29, 0.717) is 26.4 Å². The molecule has 1 unspecified atom stereocenters. The molecule has 0 aliphatic carbocycles. The summed E-state index contributed by atoms with van der Waals surface area (Å²) in [7, 11) is 0. The van der Waals surface area contributed by atoms with E-state index >= 15 is 0 Å². The first-order chi connectivity index (χ1) is 17.1. The van der Waals surface area contributed by atoms with E-state index in [1.165, 1.54) is 57.5 Å². The van der Waals surface area contributed by atoms with E-state index in [1.54, 1.807) is 17.5 Å². The fourth-order valence-electron chi connectivity index (χ4n) is 3.97. The standard InChI is InChI=1S/C25H18BrF2N3O3S2/c1-25(28)11-31(12-25)20(33)9-30-13-29-23-22(24(30)34)21(14-2-3-17(27)16(26)8-14)19(36-23)5-4-18(32)15-6-7-35-10-15/h2-3,6-8,10,13,18,32H,9,11-12H2,1H3. The highest BCUT2D eigenvalue weighted by molar-refractivity contribution is 9.10. The van der Waals surface area contributed by atoms with Crippen molar-refractivity contribution in [1.29, 1.82) is 0 Å². The van der Waals surface area contributed by atoms with Crippen molar-refractivity contribution in [3.05, 3.63) is 72.4 Å². The number of carbonyl (C=O) groups is 1. The highest BCUT2D eigenvalue weighted by Crippen LogP contribution is 2.37. The number of likely N-dealkylation sites (tertiary alicyclic amines) is 1. The van der Waals surface area contributed by atoms with Gasteiger partial charge >= 0.3 is 0 Å². The fourth-order valence-corrected chi connectivity index (χ4v) is 6.05. The van der Waals surface area contributed by atoms with Gasteiger partial charge in [0.15, 0.2) is 0 Å². The molecule has 1 N–H and O–H groups in total. The predicted molar refractivity (Wildman–Crippen MR) is 139 cm³/mol. The summed E-state index contributed by atoms with van der Waals surface area (Å²) in [5, 5.41) is 14.3. The van der Waals surface area contributed by atoms with Gasteiger partial charge in [0.05, 0.1) is 34.2 Å². The first-order valence-electron chi connectivity index (χ1n) is 10.8. The highest BCUT2D eigenvalue weighted by atomic mass is 79.9. The van der Waals surface area contributed by atoms with E-state index in [1.807, 2.05) is 5.38 Å². The Hall–Kier alpha value is -2.91. The number of hydrogen-bond donors (Lipinski definition) is 1. The van der Waals surface area contributed by atoms with Crippen LogP contribution >= 0.6 is 38.6 Å². The van der Waals surface area contributed by atoms with E-state index in [-0.39, 0.29) is 35.4 Å². The number of fused-ring (bicyclic) bond motifs is 1. The summed E-state index contributed by atoms with van der Waals surface area (Å²) >= 11 is 5.80. The number of amides is 1. The lowest BCUT2D eigenvalue weighted by Crippen LogP contribution is -2.60. The minimum atomic E-state index is -1.42. The average Bonchev–Trinajstić information content (AvgIpc) is 3.48. The summed E-state index contributed by atoms with van der Waals surface area (Å²) in [5.41, 5.74) is -0.243. The number of benzene rings is 1. The van der Waals surface area contributed by atoms with Crippen molar-refractivity contribution in [2.24, 2.45) is 0 Å². The number of nitrogens with zero attached hydrogens (tertiary/aromatic N) is 3. The second-order valence-corrected chi connectivity index (χ2v) is 11.3. The number of hydrogen-bond acceptors (Lipinski definition) is 6. The molecule has 4 heterocycles. The quantitative estimate of drug-likeness (QED) is 0.349. The number of thiophene rings is 2. The summed E-state index contributed by atoms with van der Waals surface area (Å²) in [6, 6.07) is 6.12. The van der Waals surface area contributed by atoms with Gasteiger partial charge in [-0.15, -0.1) is 11.3 Å². The lowest BCUT2D eigenvalue weighted by atomic mass is 9.99. The van der Waals surface area contributed by atoms with Gasteiger partial charge in [0, 0.05) is 11.1 Å². The van der Waals surface area contributed by atoms with Crippen LogP contribution in [0.15, 0.2) is 50.6 Å². The molecule has 11 heteroatoms. The molecule has 6 nitrogen and oxygen atoms in total. The third-order valence-electron chi connectivity index (χ3n) is 5.77. The number of rotatable bonds is 4. The van der Waals surface area contributed by atoms with Crippen LogP contribution in [0, 0.1) is 17.7 Å². The molecule has 1 aliphatic rings. The molecule has 1 aliphatic heterocycles. The Balaban J connectivity index is 1.60. The molecular formula is C25H18BrF2N3O3S2. The second kappa shape index (κ2) is 9.52. The molecule has 0 bridgehead atoms. The van der Waals surface area contributed by atoms with Crippen molar-refractivity contribution >= 4 is 54.7 Å². The van der Waals surface area contributed by atoms with Gasteiger partial charge in [0.25, 0.3) is 5.56 Å². The average molecular weight is 590 g/mol. The van der Waals surface area contributed by atoms with E-state index in [0.717, 1.165) is 0 Å².